The van der Waals surface area contributed by atoms with Gasteiger partial charge in [0.25, 0.3) is 0 Å². The number of nitrogens with one attached hydrogen (secondary N) is 4. The van der Waals surface area contributed by atoms with E-state index in [1.165, 1.54) is 6.20 Å². The van der Waals surface area contributed by atoms with Gasteiger partial charge >= 0.3 is 13.2 Å². The Kier molecular flexibility index (Phi) is 34.9. The van der Waals surface area contributed by atoms with Crippen molar-refractivity contribution >= 4 is 130 Å². The van der Waals surface area contributed by atoms with Crippen LogP contribution >= 0.6 is 70.4 Å². The van der Waals surface area contributed by atoms with Gasteiger partial charge in [-0.1, -0.05) is 86.1 Å². The van der Waals surface area contributed by atoms with Gasteiger partial charge in [-0.15, -0.1) is 0 Å². The van der Waals surface area contributed by atoms with Crippen molar-refractivity contribution in [2.24, 2.45) is 5.41 Å². The molecular weight excluding hydrogens is 1790 g/mol. The predicted octanol–water partition coefficient (Wildman–Crippen LogP) is 17.0. The molecule has 606 valence electrons. The number of aromatic amines is 4. The van der Waals surface area contributed by atoms with Crippen molar-refractivity contribution in [3.63, 3.8) is 0 Å². The van der Waals surface area contributed by atoms with Gasteiger partial charge in [-0.3, -0.25) is 40.1 Å². The maximum atomic E-state index is 12.7. The van der Waals surface area contributed by atoms with Crippen molar-refractivity contribution in [1.82, 2.24) is 70.4 Å². The largest absolute Gasteiger partial charge is 0.490 e. The first kappa shape index (κ1) is 94.1. The lowest BCUT2D eigenvalue weighted by Gasteiger charge is -2.58. The number of benzene rings is 1. The van der Waals surface area contributed by atoms with Crippen LogP contribution in [0, 0.1) is 15.9 Å². The quantitative estimate of drug-likeness (QED) is 0.0253. The van der Waals surface area contributed by atoms with Crippen LogP contribution in [-0.4, -0.2) is 169 Å². The molecule has 1 amide bonds. The molecule has 3 fully saturated rings. The lowest BCUT2D eigenvalue weighted by Crippen LogP contribution is -2.66. The maximum absolute atomic E-state index is 12.7. The smallest absolute Gasteiger partial charge is 0.444 e. The number of aldehydes is 1. The second-order valence-corrected chi connectivity index (χ2v) is 53.2. The van der Waals surface area contributed by atoms with Crippen LogP contribution in [-0.2, 0) is 59.0 Å². The number of ether oxygens (including phenoxy) is 2. The summed E-state index contributed by atoms with van der Waals surface area (Å²) in [4.78, 5) is 36.7. The topological polar surface area (TPSA) is 350 Å². The Balaban J connectivity index is 0.000000207. The van der Waals surface area contributed by atoms with Gasteiger partial charge < -0.3 is 42.8 Å². The molecule has 2 aliphatic heterocycles. The van der Waals surface area contributed by atoms with Crippen molar-refractivity contribution in [3.05, 3.63) is 174 Å². The Labute approximate surface area is 696 Å². The number of aromatic nitrogens is 13. The molecule has 1 saturated carbocycles. The molecule has 26 nitrogen and oxygen atoms in total. The molecule has 111 heavy (non-hydrogen) atoms. The predicted molar refractivity (Wildman–Crippen MR) is 461 cm³/mol. The molecule has 1 unspecified atom stereocenters. The highest BCUT2D eigenvalue weighted by molar-refractivity contribution is 14.1. The van der Waals surface area contributed by atoms with Gasteiger partial charge in [0.2, 0.25) is 0 Å². The molecule has 1 atom stereocenters. The third-order valence-corrected chi connectivity index (χ3v) is 37.9. The van der Waals surface area contributed by atoms with E-state index in [0.717, 1.165) is 95.8 Å². The summed E-state index contributed by atoms with van der Waals surface area (Å²) in [6.07, 6.45) is 15.0. The zero-order valence-corrected chi connectivity index (χ0v) is 78.0. The number of carbonyl (C=O) groups is 2. The molecule has 1 aliphatic carbocycles. The number of nitrogens with zero attached hydrogens (tertiary/aromatic N) is 10. The summed E-state index contributed by atoms with van der Waals surface area (Å²) in [5, 5.41) is 58.2. The second kappa shape index (κ2) is 41.2. The molecule has 10 heterocycles. The Bertz CT molecular complexity index is 4440. The number of aryl methyl sites for hydroxylation is 1. The van der Waals surface area contributed by atoms with Gasteiger partial charge in [0, 0.05) is 84.9 Å². The lowest BCUT2D eigenvalue weighted by atomic mass is 9.63. The summed E-state index contributed by atoms with van der Waals surface area (Å²) in [7, 11) is -9.77. The normalized spacial score (nSPS) is 15.1. The number of carbonyl (C=O) groups excluding carboxylic acids is 2. The van der Waals surface area contributed by atoms with Crippen LogP contribution in [0.4, 0.5) is 4.79 Å². The van der Waals surface area contributed by atoms with Crippen LogP contribution in [0.1, 0.15) is 160 Å². The summed E-state index contributed by atoms with van der Waals surface area (Å²) >= 11 is 12.0. The third kappa shape index (κ3) is 28.9. The van der Waals surface area contributed by atoms with E-state index >= 15 is 0 Å². The fourth-order valence-corrected chi connectivity index (χ4v) is 16.9. The number of H-pyrrole nitrogens is 4. The molecule has 0 radical (unpaired) electrons. The first-order chi connectivity index (χ1) is 51.7. The number of halogens is 4. The van der Waals surface area contributed by atoms with Crippen molar-refractivity contribution in [2.75, 3.05) is 19.7 Å². The number of aliphatic hydroxyl groups excluding tert-OH is 1. The molecule has 1 spiro atoms. The summed E-state index contributed by atoms with van der Waals surface area (Å²) in [6.45, 7) is 44.9. The highest BCUT2D eigenvalue weighted by Crippen LogP contribution is 2.52. The van der Waals surface area contributed by atoms with Gasteiger partial charge in [-0.05, 0) is 245 Å². The van der Waals surface area contributed by atoms with Crippen molar-refractivity contribution in [3.8, 4) is 22.5 Å². The van der Waals surface area contributed by atoms with Crippen LogP contribution in [0.25, 0.3) is 22.5 Å². The van der Waals surface area contributed by atoms with Crippen molar-refractivity contribution in [2.45, 2.75) is 225 Å². The Morgan fingerprint density at radius 2 is 1.17 bits per heavy atom. The minimum Gasteiger partial charge on any atom is -0.444 e. The van der Waals surface area contributed by atoms with Gasteiger partial charge in [0.1, 0.15) is 30.8 Å². The Morgan fingerprint density at radius 3 is 1.60 bits per heavy atom. The number of pyridine rings is 3. The minimum atomic E-state index is -3.27. The number of amides is 1. The van der Waals surface area contributed by atoms with Gasteiger partial charge in [-0.2, -0.15) is 25.5 Å². The van der Waals surface area contributed by atoms with E-state index in [4.69, 9.17) is 37.9 Å². The number of aliphatic hydroxyl groups is 1. The van der Waals surface area contributed by atoms with Crippen LogP contribution in [0.3, 0.4) is 0 Å². The Morgan fingerprint density at radius 1 is 0.667 bits per heavy atom. The molecule has 2 saturated heterocycles. The summed E-state index contributed by atoms with van der Waals surface area (Å²) in [5.41, 5.74) is 9.17. The average Bonchev–Trinajstić information content (AvgIpc) is 1.37. The Hall–Kier alpha value is -5.78. The molecule has 7 N–H and O–H groups in total. The fourth-order valence-electron chi connectivity index (χ4n) is 10.2. The highest BCUT2D eigenvalue weighted by atomic mass is 127. The summed E-state index contributed by atoms with van der Waals surface area (Å²) in [6, 6.07) is 25.5. The number of rotatable bonds is 17. The number of hydrogen-bond donors (Lipinski definition) is 7. The zero-order chi connectivity index (χ0) is 82.6. The second-order valence-electron chi connectivity index (χ2n) is 33.0. The number of sulfone groups is 1. The van der Waals surface area contributed by atoms with Crippen LogP contribution in [0.15, 0.2) is 141 Å². The molecular formula is C76H111BBr3IN14O12SSi3. The standard InChI is InChI=1S/C18H25NO4S.C15H22IN3OSi.C15H23N3OSi.C10H19BrN2OSi.C9H11BrN2O2.C5H6BNO2.C4H5BrN2O/c1-13-5-7-14(8-6-13)24(21,22)15-9-18(10-15)11-19(12-18)16(20)23-17(2,3)4;1-15(2,3)21(4,5)20-10-12-13(16)14(19-18-12)11-7-6-8-17-9-11;1-15(2,3)20(4,5)19-11-13-9-14(18-17-13)12-7-6-8-16-10-12;1-10(2,3)15(4,5)14-7-8-6-9(11)13-12-8;10-8-5-7(6-13)12(11-8)9-3-1-2-4-14-9;8-6(9)5-2-1-3-7-4-5;5-4-1-3(2-8)6-7-4/h5-8,15H,9-12H2,1-4H3;6-9H,10H2,1-5H3,(H,18,19);6-10H,11H2,1-5H3,(H,17,18);6H,7H2,1-5H3,(H,12,13);5-6,9H,1-4H2;1-4,8-9H;1,8H,2H2,(H,6,7). The SMILES string of the molecule is CC(C)(C)[Si](C)(C)OCc1[nH]nc(-c2cccnc2)c1I.CC(C)(C)[Si](C)(C)OCc1cc(-c2cccnc2)n[nH]1.CC(C)(C)[Si](C)(C)OCc1cc(Br)n[nH]1.Cc1ccc(S(=O)(=O)C2CC3(C2)CN(C(=O)OC(C)(C)C)C3)cc1.O=Cc1cc(Br)nn1C1CCCCO1.OB(O)c1cccnc1.OCc1cc(Br)n[nH]1. The fraction of sp³-hybridized carbons (Fsp3) is 0.500. The minimum absolute atomic E-state index is 0.0125. The molecule has 8 aromatic heterocycles. The number of likely N-dealkylation sites (tertiary alicyclic amines) is 1. The number of hydrogen-bond acceptors (Lipinski definition) is 20. The molecule has 35 heteroatoms. The first-order valence-corrected chi connectivity index (χ1v) is 50.3. The van der Waals surface area contributed by atoms with Gasteiger partial charge in [0.05, 0.1) is 68.6 Å². The maximum Gasteiger partial charge on any atom is 0.490 e. The summed E-state index contributed by atoms with van der Waals surface area (Å²) in [5.74, 6) is 0. The lowest BCUT2D eigenvalue weighted by molar-refractivity contribution is -0.0671. The van der Waals surface area contributed by atoms with E-state index in [2.05, 4.69) is 233 Å². The molecule has 0 bridgehead atoms. The summed E-state index contributed by atoms with van der Waals surface area (Å²) < 4.78 is 59.7. The van der Waals surface area contributed by atoms with E-state index in [-0.39, 0.29) is 44.7 Å². The van der Waals surface area contributed by atoms with E-state index in [0.29, 0.717) is 66.4 Å². The average molecular weight is 1910 g/mol. The van der Waals surface area contributed by atoms with Gasteiger partial charge in [-0.25, -0.2) is 17.9 Å². The van der Waals surface area contributed by atoms with E-state index in [9.17, 15) is 18.0 Å². The molecule has 12 rings (SSSR count). The molecule has 1 aromatic carbocycles. The third-order valence-electron chi connectivity index (χ3n) is 19.9. The van der Waals surface area contributed by atoms with Crippen LogP contribution in [0.5, 0.6) is 0 Å². The highest BCUT2D eigenvalue weighted by Gasteiger charge is 2.58. The van der Waals surface area contributed by atoms with E-state index < -0.39 is 47.5 Å². The van der Waals surface area contributed by atoms with Crippen LogP contribution < -0.4 is 5.46 Å². The monoisotopic (exact) mass is 1900 g/mol. The first-order valence-electron chi connectivity index (χ1n) is 36.6. The van der Waals surface area contributed by atoms with E-state index in [1.54, 1.807) is 64.6 Å². The van der Waals surface area contributed by atoms with Crippen molar-refractivity contribution < 1.29 is 55.9 Å². The van der Waals surface area contributed by atoms with Crippen molar-refractivity contribution in [1.29, 1.82) is 0 Å². The molecule has 9 aromatic rings. The zero-order valence-electron chi connectivity index (χ0n) is 67.2. The molecule has 3 aliphatic rings. The van der Waals surface area contributed by atoms with Crippen LogP contribution in [0.2, 0.25) is 54.4 Å². The van der Waals surface area contributed by atoms with Gasteiger partial charge in [0.15, 0.2) is 47.3 Å². The van der Waals surface area contributed by atoms with E-state index in [1.807, 2.05) is 88.6 Å².